The molecule has 2 rings (SSSR count). The van der Waals surface area contributed by atoms with Crippen molar-refractivity contribution in [3.05, 3.63) is 28.5 Å². The van der Waals surface area contributed by atoms with E-state index in [-0.39, 0.29) is 11.8 Å². The number of nitrogens with zero attached hydrogens (tertiary/aromatic N) is 2. The van der Waals surface area contributed by atoms with E-state index in [2.05, 4.69) is 31.5 Å². The van der Waals surface area contributed by atoms with Gasteiger partial charge in [0.05, 0.1) is 0 Å². The fourth-order valence-corrected chi connectivity index (χ4v) is 1.59. The zero-order valence-electron chi connectivity index (χ0n) is 7.37. The molecule has 0 aliphatic rings. The Morgan fingerprint density at radius 3 is 2.87 bits per heavy atom. The first-order chi connectivity index (χ1) is 7.20. The number of benzene rings is 1. The summed E-state index contributed by atoms with van der Waals surface area (Å²) in [6, 6.07) is 4.28. The molecule has 0 unspecified atom stereocenters. The van der Waals surface area contributed by atoms with Crippen LogP contribution in [0, 0.1) is 5.82 Å². The van der Waals surface area contributed by atoms with Gasteiger partial charge in [0, 0.05) is 10.0 Å². The van der Waals surface area contributed by atoms with Crippen LogP contribution in [0.4, 0.5) is 10.4 Å². The summed E-state index contributed by atoms with van der Waals surface area (Å²) < 4.78 is 18.1. The van der Waals surface area contributed by atoms with E-state index in [1.54, 1.807) is 6.07 Å². The van der Waals surface area contributed by atoms with Gasteiger partial charge in [-0.15, -0.1) is 0 Å². The van der Waals surface area contributed by atoms with Gasteiger partial charge in [-0.05, 0) is 34.1 Å². The lowest BCUT2D eigenvalue weighted by Gasteiger charge is -1.97. The molecule has 0 fully saturated rings. The summed E-state index contributed by atoms with van der Waals surface area (Å²) in [5.41, 5.74) is 2.84. The third kappa shape index (κ3) is 1.97. The second-order valence-electron chi connectivity index (χ2n) is 2.69. The Balaban J connectivity index is 2.44. The molecular weight excluding hydrogens is 267 g/mol. The van der Waals surface area contributed by atoms with Crippen molar-refractivity contribution in [3.63, 3.8) is 0 Å². The van der Waals surface area contributed by atoms with Crippen molar-refractivity contribution >= 4 is 21.9 Å². The first-order valence-electron chi connectivity index (χ1n) is 3.96. The molecule has 0 amide bonds. The van der Waals surface area contributed by atoms with Gasteiger partial charge >= 0.3 is 6.01 Å². The summed E-state index contributed by atoms with van der Waals surface area (Å²) in [4.78, 5) is 3.92. The summed E-state index contributed by atoms with van der Waals surface area (Å²) in [6.45, 7) is 0. The number of nitrogens with two attached hydrogens (primary N) is 1. The van der Waals surface area contributed by atoms with Gasteiger partial charge in [-0.25, -0.2) is 10.2 Å². The number of rotatable bonds is 2. The predicted octanol–water partition coefficient (Wildman–Crippen LogP) is 1.92. The molecule has 7 heteroatoms. The van der Waals surface area contributed by atoms with E-state index in [1.807, 2.05) is 0 Å². The highest BCUT2D eigenvalue weighted by Crippen LogP contribution is 2.27. The zero-order chi connectivity index (χ0) is 10.8. The fourth-order valence-electron chi connectivity index (χ4n) is 1.06. The first-order valence-corrected chi connectivity index (χ1v) is 4.76. The summed E-state index contributed by atoms with van der Waals surface area (Å²) in [7, 11) is 0. The SMILES string of the molecule is NNc1nc(-c2ccc(F)cc2Br)no1. The molecule has 0 spiro atoms. The van der Waals surface area contributed by atoms with Gasteiger partial charge in [-0.1, -0.05) is 5.16 Å². The molecule has 0 aliphatic heterocycles. The third-order valence-corrected chi connectivity index (χ3v) is 2.38. The highest BCUT2D eigenvalue weighted by atomic mass is 79.9. The lowest BCUT2D eigenvalue weighted by atomic mass is 10.2. The number of nitrogens with one attached hydrogen (secondary N) is 1. The maximum absolute atomic E-state index is 12.8. The van der Waals surface area contributed by atoms with E-state index in [0.717, 1.165) is 0 Å². The Morgan fingerprint density at radius 1 is 1.47 bits per heavy atom. The Labute approximate surface area is 92.6 Å². The maximum atomic E-state index is 12.8. The smallest absolute Gasteiger partial charge is 0.314 e. The summed E-state index contributed by atoms with van der Waals surface area (Å²) in [5, 5.41) is 3.67. The van der Waals surface area contributed by atoms with Crippen molar-refractivity contribution in [1.29, 1.82) is 0 Å². The van der Waals surface area contributed by atoms with Crippen molar-refractivity contribution in [2.24, 2.45) is 5.84 Å². The van der Waals surface area contributed by atoms with Crippen molar-refractivity contribution < 1.29 is 8.91 Å². The summed E-state index contributed by atoms with van der Waals surface area (Å²) in [6.07, 6.45) is 0. The van der Waals surface area contributed by atoms with Crippen LogP contribution >= 0.6 is 15.9 Å². The van der Waals surface area contributed by atoms with Gasteiger partial charge in [0.2, 0.25) is 5.82 Å². The number of anilines is 1. The zero-order valence-corrected chi connectivity index (χ0v) is 8.95. The topological polar surface area (TPSA) is 77.0 Å². The van der Waals surface area contributed by atoms with E-state index in [4.69, 9.17) is 10.4 Å². The second kappa shape index (κ2) is 3.95. The number of hydrogen-bond donors (Lipinski definition) is 2. The number of hydrogen-bond acceptors (Lipinski definition) is 5. The summed E-state index contributed by atoms with van der Waals surface area (Å²) in [5.74, 6) is 5.07. The molecule has 1 aromatic carbocycles. The second-order valence-corrected chi connectivity index (χ2v) is 3.55. The molecule has 0 bridgehead atoms. The third-order valence-electron chi connectivity index (χ3n) is 1.72. The van der Waals surface area contributed by atoms with Crippen LogP contribution in [0.25, 0.3) is 11.4 Å². The molecule has 0 aliphatic carbocycles. The normalized spacial score (nSPS) is 10.3. The minimum Gasteiger partial charge on any atom is -0.314 e. The molecule has 15 heavy (non-hydrogen) atoms. The van der Waals surface area contributed by atoms with E-state index in [1.165, 1.54) is 12.1 Å². The van der Waals surface area contributed by atoms with Crippen LogP contribution < -0.4 is 11.3 Å². The Hall–Kier alpha value is -1.47. The van der Waals surface area contributed by atoms with Gasteiger partial charge in [0.25, 0.3) is 0 Å². The lowest BCUT2D eigenvalue weighted by molar-refractivity contribution is 0.432. The van der Waals surface area contributed by atoms with Crippen LogP contribution in [0.15, 0.2) is 27.2 Å². The average molecular weight is 273 g/mol. The molecule has 3 N–H and O–H groups in total. The van der Waals surface area contributed by atoms with Crippen LogP contribution in [-0.4, -0.2) is 10.1 Å². The molecule has 5 nitrogen and oxygen atoms in total. The highest BCUT2D eigenvalue weighted by molar-refractivity contribution is 9.10. The van der Waals surface area contributed by atoms with Crippen LogP contribution in [0.5, 0.6) is 0 Å². The molecule has 0 saturated heterocycles. The fraction of sp³-hybridized carbons (Fsp3) is 0. The van der Waals surface area contributed by atoms with E-state index in [9.17, 15) is 4.39 Å². The standard InChI is InChI=1S/C8H6BrFN4O/c9-6-3-4(10)1-2-5(6)7-12-8(13-11)15-14-7/h1-3H,11H2,(H,12,13,14). The van der Waals surface area contributed by atoms with Crippen LogP contribution in [-0.2, 0) is 0 Å². The number of hydrazine groups is 1. The van der Waals surface area contributed by atoms with Gasteiger partial charge in [-0.2, -0.15) is 4.98 Å². The molecule has 1 aromatic heterocycles. The minimum absolute atomic E-state index is 0.0984. The molecule has 0 atom stereocenters. The van der Waals surface area contributed by atoms with Crippen molar-refractivity contribution in [3.8, 4) is 11.4 Å². The molecule has 0 radical (unpaired) electrons. The lowest BCUT2D eigenvalue weighted by Crippen LogP contribution is -2.06. The predicted molar refractivity (Wildman–Crippen MR) is 55.2 cm³/mol. The largest absolute Gasteiger partial charge is 0.335 e. The Morgan fingerprint density at radius 2 is 2.27 bits per heavy atom. The van der Waals surface area contributed by atoms with Crippen LogP contribution in [0.1, 0.15) is 0 Å². The Bertz CT molecular complexity index is 487. The maximum Gasteiger partial charge on any atom is 0.335 e. The van der Waals surface area contributed by atoms with Gasteiger partial charge < -0.3 is 4.52 Å². The van der Waals surface area contributed by atoms with Gasteiger partial charge in [0.15, 0.2) is 0 Å². The number of nitrogen functional groups attached to an aromatic ring is 1. The van der Waals surface area contributed by atoms with E-state index < -0.39 is 0 Å². The van der Waals surface area contributed by atoms with Crippen molar-refractivity contribution in [1.82, 2.24) is 10.1 Å². The van der Waals surface area contributed by atoms with Gasteiger partial charge in [-0.3, -0.25) is 5.43 Å². The highest BCUT2D eigenvalue weighted by Gasteiger charge is 2.11. The Kier molecular flexibility index (Phi) is 2.65. The van der Waals surface area contributed by atoms with E-state index >= 15 is 0 Å². The number of halogens is 2. The quantitative estimate of drug-likeness (QED) is 0.645. The molecule has 0 saturated carbocycles. The molecular formula is C8H6BrFN4O. The van der Waals surface area contributed by atoms with E-state index in [0.29, 0.717) is 15.9 Å². The molecule has 1 heterocycles. The van der Waals surface area contributed by atoms with Gasteiger partial charge in [0.1, 0.15) is 5.82 Å². The van der Waals surface area contributed by atoms with Crippen LogP contribution in [0.3, 0.4) is 0 Å². The number of aromatic nitrogens is 2. The summed E-state index contributed by atoms with van der Waals surface area (Å²) >= 11 is 3.20. The van der Waals surface area contributed by atoms with Crippen molar-refractivity contribution in [2.75, 3.05) is 5.43 Å². The monoisotopic (exact) mass is 272 g/mol. The van der Waals surface area contributed by atoms with Crippen molar-refractivity contribution in [2.45, 2.75) is 0 Å². The average Bonchev–Trinajstić information content (AvgIpc) is 2.66. The molecule has 2 aromatic rings. The first kappa shape index (κ1) is 10.1. The minimum atomic E-state index is -0.341. The van der Waals surface area contributed by atoms with Crippen LogP contribution in [0.2, 0.25) is 0 Å². The molecule has 78 valence electrons.